The molecule has 0 aliphatic carbocycles. The first kappa shape index (κ1) is 35.8. The van der Waals surface area contributed by atoms with Crippen LogP contribution in [0.4, 0.5) is 13.2 Å². The Balaban J connectivity index is 1.06. The molecule has 1 N–H and O–H groups in total. The number of methoxy groups -OCH3 is 1. The van der Waals surface area contributed by atoms with Crippen LogP contribution in [0.2, 0.25) is 0 Å². The molecule has 0 aliphatic rings. The molecular formula is C42H40F3N3O2S. The van der Waals surface area contributed by atoms with Crippen LogP contribution in [-0.2, 0) is 32.4 Å². The minimum absolute atomic E-state index is 0.0750. The van der Waals surface area contributed by atoms with Gasteiger partial charge in [0.25, 0.3) is 5.91 Å². The third kappa shape index (κ3) is 9.62. The highest BCUT2D eigenvalue weighted by atomic mass is 32.2. The van der Waals surface area contributed by atoms with Crippen molar-refractivity contribution in [3.05, 3.63) is 166 Å². The van der Waals surface area contributed by atoms with Gasteiger partial charge in [0.1, 0.15) is 5.75 Å². The molecule has 5 aromatic carbocycles. The molecule has 9 heteroatoms. The van der Waals surface area contributed by atoms with Crippen LogP contribution in [0.25, 0.3) is 10.9 Å². The molecule has 0 spiro atoms. The van der Waals surface area contributed by atoms with E-state index in [0.29, 0.717) is 17.7 Å². The van der Waals surface area contributed by atoms with Gasteiger partial charge < -0.3 is 14.6 Å². The van der Waals surface area contributed by atoms with Gasteiger partial charge >= 0.3 is 6.18 Å². The maximum Gasteiger partial charge on any atom is 0.416 e. The molecule has 0 bridgehead atoms. The largest absolute Gasteiger partial charge is 0.497 e. The molecule has 0 radical (unpaired) electrons. The number of aryl methyl sites for hydroxylation is 1. The molecule has 6 rings (SSSR count). The Morgan fingerprint density at radius 2 is 1.59 bits per heavy atom. The zero-order valence-electron chi connectivity index (χ0n) is 28.6. The molecule has 51 heavy (non-hydrogen) atoms. The van der Waals surface area contributed by atoms with Crippen molar-refractivity contribution < 1.29 is 22.7 Å². The van der Waals surface area contributed by atoms with E-state index in [0.717, 1.165) is 47.6 Å². The fourth-order valence-corrected chi connectivity index (χ4v) is 7.05. The number of hydrogen-bond donors (Lipinski definition) is 1. The molecular weight excluding hydrogens is 668 g/mol. The molecule has 0 aliphatic heterocycles. The highest BCUT2D eigenvalue weighted by molar-refractivity contribution is 7.99. The van der Waals surface area contributed by atoms with Gasteiger partial charge in [0.05, 0.1) is 12.7 Å². The standard InChI is InChI=1S/C42H40F3N3O2S/c1-30-11-16-36(39(23-30)42(43,44)45)29-48-20-19-34-25-35(17-18-40(34)48)41(49)46-26-31-12-14-32(15-13-31)27-47(21-22-51-38-9-4-3-5-10-38)28-33-7-6-8-37(24-33)50-2/h3-20,23-25H,21-22,26-29H2,1-2H3,(H,46,49). The lowest BCUT2D eigenvalue weighted by atomic mass is 10.0. The molecule has 1 amide bonds. The second kappa shape index (κ2) is 16.4. The summed E-state index contributed by atoms with van der Waals surface area (Å²) in [7, 11) is 1.68. The molecule has 1 heterocycles. The number of aromatic nitrogens is 1. The number of rotatable bonds is 14. The topological polar surface area (TPSA) is 46.5 Å². The quantitative estimate of drug-likeness (QED) is 0.115. The summed E-state index contributed by atoms with van der Waals surface area (Å²) in [6, 6.07) is 38.4. The van der Waals surface area contributed by atoms with Crippen LogP contribution in [0.5, 0.6) is 5.75 Å². The van der Waals surface area contributed by atoms with Crippen molar-refractivity contribution in [3.63, 3.8) is 0 Å². The van der Waals surface area contributed by atoms with E-state index >= 15 is 0 Å². The lowest BCUT2D eigenvalue weighted by molar-refractivity contribution is -0.138. The maximum atomic E-state index is 13.7. The second-order valence-electron chi connectivity index (χ2n) is 12.6. The second-order valence-corrected chi connectivity index (χ2v) is 13.8. The van der Waals surface area contributed by atoms with Crippen LogP contribution in [-0.4, -0.2) is 34.8 Å². The summed E-state index contributed by atoms with van der Waals surface area (Å²) in [5, 5.41) is 3.79. The fourth-order valence-electron chi connectivity index (χ4n) is 6.11. The van der Waals surface area contributed by atoms with Crippen molar-refractivity contribution in [3.8, 4) is 5.75 Å². The number of carbonyl (C=O) groups excluding carboxylic acids is 1. The monoisotopic (exact) mass is 707 g/mol. The van der Waals surface area contributed by atoms with E-state index in [1.54, 1.807) is 49.1 Å². The smallest absolute Gasteiger partial charge is 0.416 e. The Hall–Kier alpha value is -4.99. The maximum absolute atomic E-state index is 13.7. The number of hydrogen-bond acceptors (Lipinski definition) is 4. The third-order valence-electron chi connectivity index (χ3n) is 8.79. The number of amides is 1. The summed E-state index contributed by atoms with van der Waals surface area (Å²) >= 11 is 1.85. The van der Waals surface area contributed by atoms with Crippen molar-refractivity contribution >= 4 is 28.6 Å². The van der Waals surface area contributed by atoms with E-state index < -0.39 is 11.7 Å². The van der Waals surface area contributed by atoms with Crippen molar-refractivity contribution in [2.45, 2.75) is 44.2 Å². The molecule has 5 nitrogen and oxygen atoms in total. The van der Waals surface area contributed by atoms with Crippen LogP contribution >= 0.6 is 11.8 Å². The summed E-state index contributed by atoms with van der Waals surface area (Å²) in [6.45, 7) is 4.57. The van der Waals surface area contributed by atoms with E-state index in [1.807, 2.05) is 48.2 Å². The number of nitrogens with zero attached hydrogens (tertiary/aromatic N) is 2. The number of benzene rings is 5. The predicted octanol–water partition coefficient (Wildman–Crippen LogP) is 9.75. The molecule has 6 aromatic rings. The highest BCUT2D eigenvalue weighted by Gasteiger charge is 2.33. The number of thioether (sulfide) groups is 1. The number of alkyl halides is 3. The molecule has 0 saturated carbocycles. The zero-order valence-corrected chi connectivity index (χ0v) is 29.4. The van der Waals surface area contributed by atoms with Crippen molar-refractivity contribution in [2.24, 2.45) is 0 Å². The van der Waals surface area contributed by atoms with Crippen molar-refractivity contribution in [1.29, 1.82) is 0 Å². The van der Waals surface area contributed by atoms with Gasteiger partial charge in [-0.3, -0.25) is 9.69 Å². The average Bonchev–Trinajstić information content (AvgIpc) is 3.53. The third-order valence-corrected chi connectivity index (χ3v) is 9.78. The first-order chi connectivity index (χ1) is 24.6. The SMILES string of the molecule is COc1cccc(CN(CCSc2ccccc2)Cc2ccc(CNC(=O)c3ccc4c(ccn4Cc4ccc(C)cc4C(F)(F)F)c3)cc2)c1. The molecule has 1 aromatic heterocycles. The van der Waals surface area contributed by atoms with E-state index in [2.05, 4.69) is 58.7 Å². The van der Waals surface area contributed by atoms with Gasteiger partial charge in [0.2, 0.25) is 0 Å². The molecule has 0 atom stereocenters. The lowest BCUT2D eigenvalue weighted by Gasteiger charge is -2.23. The average molecular weight is 708 g/mol. The van der Waals surface area contributed by atoms with Crippen LogP contribution in [0.1, 0.15) is 43.7 Å². The van der Waals surface area contributed by atoms with E-state index in [1.165, 1.54) is 28.2 Å². The Bertz CT molecular complexity index is 2080. The Morgan fingerprint density at radius 3 is 2.35 bits per heavy atom. The minimum atomic E-state index is -4.43. The van der Waals surface area contributed by atoms with Gasteiger partial charge in [-0.2, -0.15) is 13.2 Å². The highest BCUT2D eigenvalue weighted by Crippen LogP contribution is 2.33. The predicted molar refractivity (Wildman–Crippen MR) is 199 cm³/mol. The van der Waals surface area contributed by atoms with Gasteiger partial charge in [0, 0.05) is 66.0 Å². The number of carbonyl (C=O) groups is 1. The first-order valence-corrected chi connectivity index (χ1v) is 17.8. The van der Waals surface area contributed by atoms with Crippen LogP contribution in [0, 0.1) is 6.92 Å². The first-order valence-electron chi connectivity index (χ1n) is 16.8. The lowest BCUT2D eigenvalue weighted by Crippen LogP contribution is -2.25. The van der Waals surface area contributed by atoms with E-state index in [4.69, 9.17) is 4.74 Å². The van der Waals surface area contributed by atoms with Crippen molar-refractivity contribution in [2.75, 3.05) is 19.4 Å². The summed E-state index contributed by atoms with van der Waals surface area (Å²) < 4.78 is 48.3. The Labute approximate surface area is 301 Å². The van der Waals surface area contributed by atoms with Gasteiger partial charge in [-0.1, -0.05) is 72.3 Å². The zero-order chi connectivity index (χ0) is 35.8. The van der Waals surface area contributed by atoms with Crippen LogP contribution in [0.15, 0.2) is 132 Å². The number of halogens is 3. The number of fused-ring (bicyclic) bond motifs is 1. The Morgan fingerprint density at radius 1 is 0.824 bits per heavy atom. The van der Waals surface area contributed by atoms with E-state index in [9.17, 15) is 18.0 Å². The van der Waals surface area contributed by atoms with Gasteiger partial charge in [-0.15, -0.1) is 11.8 Å². The van der Waals surface area contributed by atoms with Crippen molar-refractivity contribution in [1.82, 2.24) is 14.8 Å². The van der Waals surface area contributed by atoms with Gasteiger partial charge in [-0.05, 0) is 83.8 Å². The number of nitrogens with one attached hydrogen (secondary N) is 1. The minimum Gasteiger partial charge on any atom is -0.497 e. The summed E-state index contributed by atoms with van der Waals surface area (Å²) in [5.41, 5.74) is 4.74. The van der Waals surface area contributed by atoms with Crippen LogP contribution in [0.3, 0.4) is 0 Å². The van der Waals surface area contributed by atoms with Crippen LogP contribution < -0.4 is 10.1 Å². The molecule has 0 fully saturated rings. The fraction of sp³-hybridized carbons (Fsp3) is 0.214. The summed E-state index contributed by atoms with van der Waals surface area (Å²) in [5.74, 6) is 1.59. The molecule has 262 valence electrons. The van der Waals surface area contributed by atoms with E-state index in [-0.39, 0.29) is 18.0 Å². The normalized spacial score (nSPS) is 11.6. The molecule has 0 unspecified atom stereocenters. The Kier molecular flexibility index (Phi) is 11.5. The number of ether oxygens (including phenoxy) is 1. The summed E-state index contributed by atoms with van der Waals surface area (Å²) in [6.07, 6.45) is -2.68. The van der Waals surface area contributed by atoms with Gasteiger partial charge in [-0.25, -0.2) is 0 Å². The molecule has 0 saturated heterocycles. The van der Waals surface area contributed by atoms with Gasteiger partial charge in [0.15, 0.2) is 0 Å². The summed E-state index contributed by atoms with van der Waals surface area (Å²) in [4.78, 5) is 16.8.